The summed E-state index contributed by atoms with van der Waals surface area (Å²) in [5.41, 5.74) is 0.0182. The summed E-state index contributed by atoms with van der Waals surface area (Å²) in [7, 11) is 0. The summed E-state index contributed by atoms with van der Waals surface area (Å²) in [5, 5.41) is 3.59. The van der Waals surface area contributed by atoms with Gasteiger partial charge < -0.3 is 10.2 Å². The van der Waals surface area contributed by atoms with Crippen LogP contribution in [0.15, 0.2) is 0 Å². The molecule has 12 aliphatic rings. The molecule has 10 aliphatic carbocycles. The van der Waals surface area contributed by atoms with Crippen molar-refractivity contribution >= 4 is 22.8 Å². The molecule has 0 spiro atoms. The van der Waals surface area contributed by atoms with Gasteiger partial charge in [0.15, 0.2) is 0 Å². The molecule has 1 amide bonds. The number of fused-ring (bicyclic) bond motifs is 2. The maximum atomic E-state index is 13.6. The minimum absolute atomic E-state index is 0.0356. The topological polar surface area (TPSA) is 49.4 Å². The minimum Gasteiger partial charge on any atom is -0.339 e. The lowest BCUT2D eigenvalue weighted by Crippen LogP contribution is -2.59. The van der Waals surface area contributed by atoms with Crippen LogP contribution in [0.2, 0.25) is 0 Å². The lowest BCUT2D eigenvalue weighted by atomic mass is 9.49. The van der Waals surface area contributed by atoms with Crippen LogP contribution in [0, 0.1) is 58.2 Å². The van der Waals surface area contributed by atoms with E-state index in [1.54, 1.807) is 0 Å². The Hall–Kier alpha value is -0.610. The third kappa shape index (κ3) is 6.33. The van der Waals surface area contributed by atoms with Gasteiger partial charge in [0.1, 0.15) is 0 Å². The zero-order chi connectivity index (χ0) is 30.6. The number of hydrogen-bond acceptors (Lipinski definition) is 3. The van der Waals surface area contributed by atoms with Gasteiger partial charge >= 0.3 is 0 Å². The van der Waals surface area contributed by atoms with Crippen molar-refractivity contribution in [1.29, 1.82) is 0 Å². The Morgan fingerprint density at radius 3 is 1.58 bits per heavy atom. The van der Waals surface area contributed by atoms with E-state index >= 15 is 0 Å². The van der Waals surface area contributed by atoms with Crippen LogP contribution in [-0.2, 0) is 9.59 Å². The summed E-state index contributed by atoms with van der Waals surface area (Å²) >= 11 is 5.76. The van der Waals surface area contributed by atoms with Crippen LogP contribution >= 0.6 is 11.6 Å². The summed E-state index contributed by atoms with van der Waals surface area (Å²) in [4.78, 5) is 27.5. The van der Waals surface area contributed by atoms with Gasteiger partial charge in [-0.25, -0.2) is 0 Å². The van der Waals surface area contributed by atoms with Gasteiger partial charge in [-0.1, -0.05) is 25.7 Å². The average Bonchev–Trinajstić information content (AvgIpc) is 3.04. The normalized spacial score (nSPS) is 48.7. The molecule has 5 heteroatoms. The Morgan fingerprint density at radius 2 is 1.02 bits per heavy atom. The fourth-order valence-electron chi connectivity index (χ4n) is 14.4. The number of nitrogens with one attached hydrogen (secondary N) is 1. The number of hydrogen-bond donors (Lipinski definition) is 1. The van der Waals surface area contributed by atoms with E-state index in [0.717, 1.165) is 79.2 Å². The third-order valence-corrected chi connectivity index (χ3v) is 15.9. The highest BCUT2D eigenvalue weighted by molar-refractivity contribution is 6.64. The van der Waals surface area contributed by atoms with E-state index in [1.807, 2.05) is 0 Å². The molecule has 12 rings (SSSR count). The highest BCUT2D eigenvalue weighted by atomic mass is 35.5. The lowest BCUT2D eigenvalue weighted by Gasteiger charge is -2.58. The van der Waals surface area contributed by atoms with E-state index in [1.165, 1.54) is 141 Å². The first-order valence-electron chi connectivity index (χ1n) is 20.1. The van der Waals surface area contributed by atoms with Crippen LogP contribution in [0.25, 0.3) is 0 Å². The van der Waals surface area contributed by atoms with Crippen molar-refractivity contribution in [2.45, 2.75) is 166 Å². The van der Waals surface area contributed by atoms with Gasteiger partial charge in [-0.3, -0.25) is 9.59 Å². The quantitative estimate of drug-likeness (QED) is 0.307. The van der Waals surface area contributed by atoms with Crippen molar-refractivity contribution in [3.8, 4) is 0 Å². The molecule has 8 bridgehead atoms. The Bertz CT molecular complexity index is 990. The molecule has 252 valence electrons. The van der Waals surface area contributed by atoms with Gasteiger partial charge in [0.05, 0.1) is 5.41 Å². The van der Waals surface area contributed by atoms with Gasteiger partial charge in [0.2, 0.25) is 11.1 Å². The van der Waals surface area contributed by atoms with E-state index < -0.39 is 0 Å². The van der Waals surface area contributed by atoms with Crippen molar-refractivity contribution in [2.75, 3.05) is 13.1 Å². The Balaban J connectivity index is 0.000000111. The van der Waals surface area contributed by atoms with E-state index in [4.69, 9.17) is 11.6 Å². The van der Waals surface area contributed by atoms with Crippen LogP contribution in [0.4, 0.5) is 0 Å². The standard InChI is InChI=1S/C20H31NO.C11H15ClO.C9H17N/c22-19(21-7-3-5-17-4-1-2-6-18(17)21)20-11-14-8-15(12-20)10-16(9-14)13-20;12-10(13)11-4-7-1-8(5-11)3-9(2-7)6-11;1-2-6-9-8(4-1)5-3-7-10-9/h14-18H,1-13H2;7-9H,1-6H2;8-10H,1-7H2. The summed E-state index contributed by atoms with van der Waals surface area (Å²) in [6.45, 7) is 2.35. The monoisotopic (exact) mass is 638 g/mol. The van der Waals surface area contributed by atoms with Gasteiger partial charge in [-0.15, -0.1) is 0 Å². The van der Waals surface area contributed by atoms with Crippen LogP contribution in [0.3, 0.4) is 0 Å². The first kappa shape index (κ1) is 31.6. The molecule has 4 atom stereocenters. The number of nitrogens with zero attached hydrogens (tertiary/aromatic N) is 1. The lowest BCUT2D eigenvalue weighted by molar-refractivity contribution is -0.164. The van der Waals surface area contributed by atoms with Crippen LogP contribution in [-0.4, -0.2) is 41.2 Å². The molecule has 10 saturated carbocycles. The molecule has 45 heavy (non-hydrogen) atoms. The molecule has 2 heterocycles. The second kappa shape index (κ2) is 13.0. The third-order valence-electron chi connectivity index (χ3n) is 15.5. The van der Waals surface area contributed by atoms with Gasteiger partial charge in [0.25, 0.3) is 0 Å². The first-order chi connectivity index (χ1) is 21.9. The minimum atomic E-state index is -0.0731. The summed E-state index contributed by atoms with van der Waals surface area (Å²) in [6, 6.07) is 1.52. The molecule has 4 nitrogen and oxygen atoms in total. The number of carbonyl (C=O) groups is 2. The number of halogens is 1. The fraction of sp³-hybridized carbons (Fsp3) is 0.950. The second-order valence-electron chi connectivity index (χ2n) is 18.7. The highest BCUT2D eigenvalue weighted by Crippen LogP contribution is 2.62. The number of amides is 1. The molecular weight excluding hydrogens is 576 g/mol. The van der Waals surface area contributed by atoms with Crippen LogP contribution in [0.1, 0.15) is 154 Å². The fourth-order valence-corrected chi connectivity index (χ4v) is 14.6. The average molecular weight is 639 g/mol. The molecule has 4 unspecified atom stereocenters. The molecule has 0 aromatic carbocycles. The largest absolute Gasteiger partial charge is 0.339 e. The van der Waals surface area contributed by atoms with E-state index in [2.05, 4.69) is 10.2 Å². The van der Waals surface area contributed by atoms with Crippen LogP contribution in [0.5, 0.6) is 0 Å². The van der Waals surface area contributed by atoms with Crippen LogP contribution < -0.4 is 5.32 Å². The van der Waals surface area contributed by atoms with E-state index in [9.17, 15) is 9.59 Å². The summed E-state index contributed by atoms with van der Waals surface area (Å²) < 4.78 is 0. The Labute approximate surface area is 279 Å². The molecular formula is C40H63ClN2O2. The van der Waals surface area contributed by atoms with Crippen molar-refractivity contribution in [3.05, 3.63) is 0 Å². The number of carbonyl (C=O) groups excluding carboxylic acids is 2. The first-order valence-corrected chi connectivity index (χ1v) is 20.5. The molecule has 0 aromatic rings. The highest BCUT2D eigenvalue weighted by Gasteiger charge is 2.57. The van der Waals surface area contributed by atoms with Crippen molar-refractivity contribution < 1.29 is 9.59 Å². The zero-order valence-corrected chi connectivity index (χ0v) is 29.1. The van der Waals surface area contributed by atoms with E-state index in [0.29, 0.717) is 11.9 Å². The zero-order valence-electron chi connectivity index (χ0n) is 28.3. The molecule has 2 aliphatic heterocycles. The Morgan fingerprint density at radius 1 is 0.556 bits per heavy atom. The smallest absolute Gasteiger partial charge is 0.229 e. The van der Waals surface area contributed by atoms with E-state index in [-0.39, 0.29) is 16.1 Å². The van der Waals surface area contributed by atoms with Crippen molar-refractivity contribution in [1.82, 2.24) is 10.2 Å². The maximum Gasteiger partial charge on any atom is 0.229 e. The summed E-state index contributed by atoms with van der Waals surface area (Å²) in [5.74, 6) is 7.65. The molecule has 12 fully saturated rings. The van der Waals surface area contributed by atoms with Gasteiger partial charge in [0, 0.05) is 24.0 Å². The van der Waals surface area contributed by atoms with Gasteiger partial charge in [-0.05, 0) is 194 Å². The Kier molecular flexibility index (Phi) is 9.15. The number of likely N-dealkylation sites (tertiary alicyclic amines) is 1. The molecule has 0 aromatic heterocycles. The summed E-state index contributed by atoms with van der Waals surface area (Å²) in [6.07, 6.45) is 32.4. The number of piperidine rings is 2. The predicted octanol–water partition coefficient (Wildman–Crippen LogP) is 9.28. The maximum absolute atomic E-state index is 13.6. The SMILES string of the molecule is C1CCC2NCCCC2C1.O=C(Cl)C12CC3CC(CC(C3)C1)C2.O=C(N1CCCC2CCCCC21)C12CC3CC(CC(C3)C1)C2. The van der Waals surface area contributed by atoms with Crippen molar-refractivity contribution in [2.24, 2.45) is 58.2 Å². The number of rotatable bonds is 2. The van der Waals surface area contributed by atoms with Crippen molar-refractivity contribution in [3.63, 3.8) is 0 Å². The molecule has 1 N–H and O–H groups in total. The predicted molar refractivity (Wildman–Crippen MR) is 182 cm³/mol. The molecule has 0 radical (unpaired) electrons. The second-order valence-corrected chi connectivity index (χ2v) is 19.0. The van der Waals surface area contributed by atoms with Gasteiger partial charge in [-0.2, -0.15) is 0 Å². The molecule has 2 saturated heterocycles.